The minimum absolute atomic E-state index is 0.00843. The molecular weight excluding hydrogens is 352 g/mol. The van der Waals surface area contributed by atoms with E-state index in [1.54, 1.807) is 0 Å². The summed E-state index contributed by atoms with van der Waals surface area (Å²) in [6.45, 7) is 10.6. The van der Waals surface area contributed by atoms with Gasteiger partial charge in [0.15, 0.2) is 0 Å². The van der Waals surface area contributed by atoms with Crippen LogP contribution in [0.5, 0.6) is 0 Å². The van der Waals surface area contributed by atoms with Gasteiger partial charge in [0.05, 0.1) is 6.04 Å². The van der Waals surface area contributed by atoms with Crippen LogP contribution in [0, 0.1) is 5.92 Å². The fourth-order valence-corrected chi connectivity index (χ4v) is 3.46. The molecule has 1 atom stereocenters. The monoisotopic (exact) mass is 384 g/mol. The summed E-state index contributed by atoms with van der Waals surface area (Å²) in [5.74, 6) is 2.16. The van der Waals surface area contributed by atoms with Crippen molar-refractivity contribution in [3.63, 3.8) is 0 Å². The summed E-state index contributed by atoms with van der Waals surface area (Å²) >= 11 is 0. The second-order valence-electron chi connectivity index (χ2n) is 8.24. The molecule has 0 radical (unpaired) electrons. The van der Waals surface area contributed by atoms with Crippen LogP contribution in [0.15, 0.2) is 28.7 Å². The average molecular weight is 385 g/mol. The van der Waals surface area contributed by atoms with Gasteiger partial charge in [0, 0.05) is 37.5 Å². The zero-order chi connectivity index (χ0) is 20.1. The summed E-state index contributed by atoms with van der Waals surface area (Å²) in [6.07, 6.45) is 3.32. The Morgan fingerprint density at radius 1 is 1.18 bits per heavy atom. The standard InChI is InChI=1S/C22H32N4O2/c1-15(2)22-25-24-21(28-22)10-9-20(27)23-17(4)18-5-7-19(8-6-18)26-13-11-16(3)12-14-26/h5-8,15-17H,9-14H2,1-4H3,(H,23,27). The predicted octanol–water partition coefficient (Wildman–Crippen LogP) is 4.24. The van der Waals surface area contributed by atoms with Crippen LogP contribution >= 0.6 is 0 Å². The van der Waals surface area contributed by atoms with Crippen molar-refractivity contribution in [2.45, 2.75) is 65.3 Å². The van der Waals surface area contributed by atoms with Crippen molar-refractivity contribution in [1.82, 2.24) is 15.5 Å². The number of hydrogen-bond acceptors (Lipinski definition) is 5. The molecule has 0 aliphatic carbocycles. The number of anilines is 1. The van der Waals surface area contributed by atoms with Gasteiger partial charge in [-0.2, -0.15) is 0 Å². The minimum Gasteiger partial charge on any atom is -0.425 e. The summed E-state index contributed by atoms with van der Waals surface area (Å²) in [5.41, 5.74) is 2.38. The van der Waals surface area contributed by atoms with Crippen molar-refractivity contribution < 1.29 is 9.21 Å². The fraction of sp³-hybridized carbons (Fsp3) is 0.591. The molecule has 1 aliphatic rings. The Balaban J connectivity index is 1.48. The van der Waals surface area contributed by atoms with Gasteiger partial charge in [-0.15, -0.1) is 10.2 Å². The number of carbonyl (C=O) groups excluding carboxylic acids is 1. The largest absolute Gasteiger partial charge is 0.425 e. The Morgan fingerprint density at radius 3 is 2.46 bits per heavy atom. The highest BCUT2D eigenvalue weighted by atomic mass is 16.4. The molecule has 2 aromatic rings. The van der Waals surface area contributed by atoms with E-state index in [2.05, 4.69) is 51.6 Å². The topological polar surface area (TPSA) is 71.3 Å². The second-order valence-corrected chi connectivity index (χ2v) is 8.24. The molecule has 1 aromatic heterocycles. The molecule has 2 heterocycles. The van der Waals surface area contributed by atoms with Gasteiger partial charge in [0.2, 0.25) is 17.7 Å². The maximum atomic E-state index is 12.3. The number of benzene rings is 1. The first-order valence-corrected chi connectivity index (χ1v) is 10.4. The first-order chi connectivity index (χ1) is 13.4. The van der Waals surface area contributed by atoms with Crippen LogP contribution in [-0.4, -0.2) is 29.2 Å². The molecule has 1 amide bonds. The highest BCUT2D eigenvalue weighted by Crippen LogP contribution is 2.24. The van der Waals surface area contributed by atoms with Crippen LogP contribution in [0.3, 0.4) is 0 Å². The van der Waals surface area contributed by atoms with E-state index in [1.807, 2.05) is 20.8 Å². The first-order valence-electron chi connectivity index (χ1n) is 10.4. The van der Waals surface area contributed by atoms with Crippen LogP contribution < -0.4 is 10.2 Å². The van der Waals surface area contributed by atoms with Gasteiger partial charge in [0.1, 0.15) is 0 Å². The van der Waals surface area contributed by atoms with Gasteiger partial charge in [-0.1, -0.05) is 32.9 Å². The van der Waals surface area contributed by atoms with Crippen LogP contribution in [0.1, 0.15) is 76.3 Å². The zero-order valence-electron chi connectivity index (χ0n) is 17.4. The van der Waals surface area contributed by atoms with Crippen LogP contribution in [0.2, 0.25) is 0 Å². The molecule has 0 saturated carbocycles. The molecule has 1 N–H and O–H groups in total. The highest BCUT2D eigenvalue weighted by Gasteiger charge is 2.17. The number of aryl methyl sites for hydroxylation is 1. The first kappa shape index (κ1) is 20.4. The molecule has 6 nitrogen and oxygen atoms in total. The second kappa shape index (κ2) is 9.22. The molecule has 152 valence electrons. The number of hydrogen-bond donors (Lipinski definition) is 1. The lowest BCUT2D eigenvalue weighted by atomic mass is 9.98. The third kappa shape index (κ3) is 5.33. The molecule has 1 unspecified atom stereocenters. The molecule has 1 saturated heterocycles. The average Bonchev–Trinajstić information content (AvgIpc) is 3.16. The quantitative estimate of drug-likeness (QED) is 0.773. The number of nitrogens with one attached hydrogen (secondary N) is 1. The summed E-state index contributed by atoms with van der Waals surface area (Å²) in [6, 6.07) is 8.53. The third-order valence-corrected chi connectivity index (χ3v) is 5.46. The number of rotatable bonds is 7. The number of carbonyl (C=O) groups is 1. The Bertz CT molecular complexity index is 761. The van der Waals surface area contributed by atoms with Crippen molar-refractivity contribution >= 4 is 11.6 Å². The fourth-order valence-electron chi connectivity index (χ4n) is 3.46. The lowest BCUT2D eigenvalue weighted by Crippen LogP contribution is -2.32. The van der Waals surface area contributed by atoms with Crippen LogP contribution in [0.25, 0.3) is 0 Å². The van der Waals surface area contributed by atoms with Gasteiger partial charge < -0.3 is 14.6 Å². The normalized spacial score (nSPS) is 16.4. The molecule has 28 heavy (non-hydrogen) atoms. The zero-order valence-corrected chi connectivity index (χ0v) is 17.4. The summed E-state index contributed by atoms with van der Waals surface area (Å²) < 4.78 is 5.56. The number of amides is 1. The van der Waals surface area contributed by atoms with Gasteiger partial charge in [-0.3, -0.25) is 4.79 Å². The molecular formula is C22H32N4O2. The van der Waals surface area contributed by atoms with E-state index in [0.29, 0.717) is 24.6 Å². The summed E-state index contributed by atoms with van der Waals surface area (Å²) in [5, 5.41) is 11.1. The third-order valence-electron chi connectivity index (χ3n) is 5.46. The summed E-state index contributed by atoms with van der Waals surface area (Å²) in [7, 11) is 0. The van der Waals surface area contributed by atoms with Gasteiger partial charge in [-0.05, 0) is 43.4 Å². The smallest absolute Gasteiger partial charge is 0.220 e. The Morgan fingerprint density at radius 2 is 1.86 bits per heavy atom. The van der Waals surface area contributed by atoms with E-state index >= 15 is 0 Å². The molecule has 1 aliphatic heterocycles. The molecule has 1 aromatic carbocycles. The van der Waals surface area contributed by atoms with E-state index < -0.39 is 0 Å². The van der Waals surface area contributed by atoms with E-state index in [9.17, 15) is 4.79 Å². The van der Waals surface area contributed by atoms with Crippen molar-refractivity contribution in [3.8, 4) is 0 Å². The molecule has 3 rings (SSSR count). The Hall–Kier alpha value is -2.37. The van der Waals surface area contributed by atoms with E-state index in [4.69, 9.17) is 4.42 Å². The number of nitrogens with zero attached hydrogens (tertiary/aromatic N) is 3. The predicted molar refractivity (Wildman–Crippen MR) is 110 cm³/mol. The van der Waals surface area contributed by atoms with E-state index in [0.717, 1.165) is 24.6 Å². The van der Waals surface area contributed by atoms with Crippen LogP contribution in [0.4, 0.5) is 5.69 Å². The lowest BCUT2D eigenvalue weighted by Gasteiger charge is -2.32. The minimum atomic E-state index is -0.0307. The summed E-state index contributed by atoms with van der Waals surface area (Å²) in [4.78, 5) is 14.7. The Kier molecular flexibility index (Phi) is 6.70. The molecule has 6 heteroatoms. The van der Waals surface area contributed by atoms with Crippen molar-refractivity contribution in [2.75, 3.05) is 18.0 Å². The number of aromatic nitrogens is 2. The highest BCUT2D eigenvalue weighted by molar-refractivity contribution is 5.76. The van der Waals surface area contributed by atoms with Crippen LogP contribution in [-0.2, 0) is 11.2 Å². The molecule has 1 fully saturated rings. The van der Waals surface area contributed by atoms with Gasteiger partial charge >= 0.3 is 0 Å². The van der Waals surface area contributed by atoms with Crippen molar-refractivity contribution in [3.05, 3.63) is 41.6 Å². The van der Waals surface area contributed by atoms with Gasteiger partial charge in [-0.25, -0.2) is 0 Å². The SMILES string of the molecule is CC1CCN(c2ccc(C(C)NC(=O)CCc3nnc(C(C)C)o3)cc2)CC1. The van der Waals surface area contributed by atoms with Gasteiger partial charge in [0.25, 0.3) is 0 Å². The maximum Gasteiger partial charge on any atom is 0.220 e. The molecule has 0 spiro atoms. The number of piperidine rings is 1. The van der Waals surface area contributed by atoms with E-state index in [1.165, 1.54) is 18.5 Å². The lowest BCUT2D eigenvalue weighted by molar-refractivity contribution is -0.121. The maximum absolute atomic E-state index is 12.3. The van der Waals surface area contributed by atoms with Crippen molar-refractivity contribution in [1.29, 1.82) is 0 Å². The van der Waals surface area contributed by atoms with E-state index in [-0.39, 0.29) is 17.9 Å². The Labute approximate surface area is 167 Å². The van der Waals surface area contributed by atoms with Crippen molar-refractivity contribution in [2.24, 2.45) is 5.92 Å². The molecule has 0 bridgehead atoms.